The van der Waals surface area contributed by atoms with Gasteiger partial charge in [0.2, 0.25) is 0 Å². The summed E-state index contributed by atoms with van der Waals surface area (Å²) in [6.45, 7) is 2.04. The van der Waals surface area contributed by atoms with E-state index >= 15 is 0 Å². The number of anilines is 1. The van der Waals surface area contributed by atoms with E-state index in [0.29, 0.717) is 11.6 Å². The summed E-state index contributed by atoms with van der Waals surface area (Å²) in [5.74, 6) is 1.22. The van der Waals surface area contributed by atoms with E-state index in [4.69, 9.17) is 5.73 Å². The van der Waals surface area contributed by atoms with Crippen LogP contribution in [0.25, 0.3) is 11.4 Å². The molecular formula is C9H9N3S. The van der Waals surface area contributed by atoms with Crippen LogP contribution in [0.3, 0.4) is 0 Å². The van der Waals surface area contributed by atoms with Crippen LogP contribution in [0.4, 0.5) is 5.82 Å². The van der Waals surface area contributed by atoms with E-state index in [2.05, 4.69) is 15.3 Å². The van der Waals surface area contributed by atoms with Gasteiger partial charge in [-0.25, -0.2) is 9.97 Å². The van der Waals surface area contributed by atoms with Crippen molar-refractivity contribution in [1.29, 1.82) is 0 Å². The summed E-state index contributed by atoms with van der Waals surface area (Å²) < 4.78 is 0. The smallest absolute Gasteiger partial charge is 0.162 e. The average molecular weight is 191 g/mol. The molecule has 0 aromatic carbocycles. The number of hydrogen-bond acceptors (Lipinski definition) is 4. The first-order valence-electron chi connectivity index (χ1n) is 3.89. The number of aromatic nitrogens is 2. The maximum atomic E-state index is 5.57. The quantitative estimate of drug-likeness (QED) is 0.751. The Labute approximate surface area is 80.3 Å². The molecule has 2 aromatic rings. The van der Waals surface area contributed by atoms with Gasteiger partial charge in [-0.2, -0.15) is 11.3 Å². The summed E-state index contributed by atoms with van der Waals surface area (Å²) in [6, 6.07) is 1.69. The first-order valence-corrected chi connectivity index (χ1v) is 4.83. The summed E-state index contributed by atoms with van der Waals surface area (Å²) in [4.78, 5) is 8.31. The van der Waals surface area contributed by atoms with Crippen LogP contribution < -0.4 is 5.73 Å². The second kappa shape index (κ2) is 3.14. The van der Waals surface area contributed by atoms with Crippen molar-refractivity contribution >= 4 is 17.2 Å². The minimum atomic E-state index is 0.510. The Morgan fingerprint density at radius 3 is 2.85 bits per heavy atom. The maximum absolute atomic E-state index is 5.57. The lowest BCUT2D eigenvalue weighted by Gasteiger charge is -1.98. The molecule has 66 valence electrons. The number of aryl methyl sites for hydroxylation is 1. The van der Waals surface area contributed by atoms with Crippen LogP contribution in [0.15, 0.2) is 23.0 Å². The Bertz CT molecular complexity index is 422. The zero-order valence-corrected chi connectivity index (χ0v) is 8.01. The van der Waals surface area contributed by atoms with Crippen molar-refractivity contribution in [3.8, 4) is 11.4 Å². The second-order valence-electron chi connectivity index (χ2n) is 2.77. The molecule has 13 heavy (non-hydrogen) atoms. The van der Waals surface area contributed by atoms with Crippen LogP contribution in [-0.4, -0.2) is 9.97 Å². The molecule has 0 spiro atoms. The van der Waals surface area contributed by atoms with Gasteiger partial charge >= 0.3 is 0 Å². The fourth-order valence-electron chi connectivity index (χ4n) is 1.09. The molecule has 2 rings (SSSR count). The standard InChI is InChI=1S/C9H9N3S/c1-6-4-13-5-7(6)9-11-3-2-8(10)12-9/h2-5H,1H3,(H2,10,11,12). The van der Waals surface area contributed by atoms with Crippen LogP contribution >= 0.6 is 11.3 Å². The topological polar surface area (TPSA) is 51.8 Å². The lowest BCUT2D eigenvalue weighted by atomic mass is 10.2. The molecule has 2 aromatic heterocycles. The van der Waals surface area contributed by atoms with Crippen molar-refractivity contribution in [2.75, 3.05) is 5.73 Å². The summed E-state index contributed by atoms with van der Waals surface area (Å²) >= 11 is 1.65. The number of rotatable bonds is 1. The predicted molar refractivity (Wildman–Crippen MR) is 54.5 cm³/mol. The molecule has 0 fully saturated rings. The Morgan fingerprint density at radius 1 is 1.38 bits per heavy atom. The predicted octanol–water partition coefficient (Wildman–Crippen LogP) is 2.10. The van der Waals surface area contributed by atoms with E-state index < -0.39 is 0 Å². The number of nitrogen functional groups attached to an aromatic ring is 1. The molecule has 0 radical (unpaired) electrons. The van der Waals surface area contributed by atoms with Gasteiger partial charge in [0.1, 0.15) is 5.82 Å². The molecule has 0 atom stereocenters. The molecule has 4 heteroatoms. The number of hydrogen-bond donors (Lipinski definition) is 1. The Hall–Kier alpha value is -1.42. The molecule has 0 saturated carbocycles. The third-order valence-electron chi connectivity index (χ3n) is 1.77. The van der Waals surface area contributed by atoms with E-state index in [9.17, 15) is 0 Å². The molecule has 0 saturated heterocycles. The van der Waals surface area contributed by atoms with Gasteiger partial charge in [0, 0.05) is 17.1 Å². The monoisotopic (exact) mass is 191 g/mol. The average Bonchev–Trinajstić information content (AvgIpc) is 2.51. The highest BCUT2D eigenvalue weighted by molar-refractivity contribution is 7.08. The summed E-state index contributed by atoms with van der Waals surface area (Å²) in [5, 5.41) is 4.10. The molecule has 2 heterocycles. The van der Waals surface area contributed by atoms with E-state index in [1.807, 2.05) is 12.3 Å². The van der Waals surface area contributed by atoms with Crippen LogP contribution in [-0.2, 0) is 0 Å². The van der Waals surface area contributed by atoms with Crippen molar-refractivity contribution in [2.45, 2.75) is 6.92 Å². The number of nitrogens with zero attached hydrogens (tertiary/aromatic N) is 2. The summed E-state index contributed by atoms with van der Waals surface area (Å²) in [5.41, 5.74) is 7.82. The minimum absolute atomic E-state index is 0.510. The van der Waals surface area contributed by atoms with Gasteiger partial charge in [-0.15, -0.1) is 0 Å². The van der Waals surface area contributed by atoms with Crippen molar-refractivity contribution in [1.82, 2.24) is 9.97 Å². The normalized spacial score (nSPS) is 10.2. The van der Waals surface area contributed by atoms with Crippen molar-refractivity contribution < 1.29 is 0 Å². The van der Waals surface area contributed by atoms with E-state index in [1.165, 1.54) is 5.56 Å². The number of thiophene rings is 1. The van der Waals surface area contributed by atoms with Crippen LogP contribution in [0.2, 0.25) is 0 Å². The van der Waals surface area contributed by atoms with Gasteiger partial charge in [0.25, 0.3) is 0 Å². The molecule has 0 amide bonds. The SMILES string of the molecule is Cc1cscc1-c1nccc(N)n1. The molecule has 0 aliphatic heterocycles. The highest BCUT2D eigenvalue weighted by atomic mass is 32.1. The lowest BCUT2D eigenvalue weighted by molar-refractivity contribution is 1.18. The third-order valence-corrected chi connectivity index (χ3v) is 2.63. The van der Waals surface area contributed by atoms with Crippen LogP contribution in [0.1, 0.15) is 5.56 Å². The highest BCUT2D eigenvalue weighted by Gasteiger charge is 2.04. The Kier molecular flexibility index (Phi) is 1.98. The zero-order chi connectivity index (χ0) is 9.26. The van der Waals surface area contributed by atoms with Gasteiger partial charge < -0.3 is 5.73 Å². The largest absolute Gasteiger partial charge is 0.384 e. The van der Waals surface area contributed by atoms with Crippen molar-refractivity contribution in [3.05, 3.63) is 28.6 Å². The fourth-order valence-corrected chi connectivity index (χ4v) is 1.92. The molecule has 3 nitrogen and oxygen atoms in total. The van der Waals surface area contributed by atoms with Gasteiger partial charge in [-0.3, -0.25) is 0 Å². The first kappa shape index (κ1) is 8.19. The van der Waals surface area contributed by atoms with Gasteiger partial charge in [0.15, 0.2) is 5.82 Å². The third kappa shape index (κ3) is 1.53. The number of nitrogens with two attached hydrogens (primary N) is 1. The lowest BCUT2D eigenvalue weighted by Crippen LogP contribution is -1.94. The fraction of sp³-hybridized carbons (Fsp3) is 0.111. The van der Waals surface area contributed by atoms with Crippen LogP contribution in [0.5, 0.6) is 0 Å². The molecule has 0 aliphatic rings. The highest BCUT2D eigenvalue weighted by Crippen LogP contribution is 2.23. The molecule has 0 unspecified atom stereocenters. The Balaban J connectivity index is 2.53. The second-order valence-corrected chi connectivity index (χ2v) is 3.52. The van der Waals surface area contributed by atoms with Gasteiger partial charge in [-0.05, 0) is 23.9 Å². The van der Waals surface area contributed by atoms with Gasteiger partial charge in [-0.1, -0.05) is 0 Å². The molecule has 2 N–H and O–H groups in total. The Morgan fingerprint density at radius 2 is 2.23 bits per heavy atom. The van der Waals surface area contributed by atoms with Crippen molar-refractivity contribution in [3.63, 3.8) is 0 Å². The van der Waals surface area contributed by atoms with Gasteiger partial charge in [0.05, 0.1) is 0 Å². The summed E-state index contributed by atoms with van der Waals surface area (Å²) in [6.07, 6.45) is 1.68. The van der Waals surface area contributed by atoms with E-state index in [-0.39, 0.29) is 0 Å². The minimum Gasteiger partial charge on any atom is -0.384 e. The molecular weight excluding hydrogens is 182 g/mol. The molecule has 0 aliphatic carbocycles. The van der Waals surface area contributed by atoms with Crippen LogP contribution in [0, 0.1) is 6.92 Å². The first-order chi connectivity index (χ1) is 6.27. The molecule has 0 bridgehead atoms. The maximum Gasteiger partial charge on any atom is 0.162 e. The summed E-state index contributed by atoms with van der Waals surface area (Å²) in [7, 11) is 0. The van der Waals surface area contributed by atoms with Crippen molar-refractivity contribution in [2.24, 2.45) is 0 Å². The van der Waals surface area contributed by atoms with E-state index in [1.54, 1.807) is 23.6 Å². The van der Waals surface area contributed by atoms with E-state index in [0.717, 1.165) is 5.56 Å². The zero-order valence-electron chi connectivity index (χ0n) is 7.19.